The second-order valence-corrected chi connectivity index (χ2v) is 1.69. The van der Waals surface area contributed by atoms with Gasteiger partial charge in [0.25, 0.3) is 0 Å². The number of carboxylic acid groups (broad SMARTS) is 1. The highest BCUT2D eigenvalue weighted by molar-refractivity contribution is 5.83. The van der Waals surface area contributed by atoms with Gasteiger partial charge in [0.05, 0.1) is 0 Å². The van der Waals surface area contributed by atoms with E-state index in [9.17, 15) is 4.79 Å². The summed E-state index contributed by atoms with van der Waals surface area (Å²) in [4.78, 5) is 9.94. The van der Waals surface area contributed by atoms with Crippen LogP contribution in [0.3, 0.4) is 0 Å². The Labute approximate surface area is 59.3 Å². The fourth-order valence-electron chi connectivity index (χ4n) is 0.367. The minimum Gasteiger partial charge on any atom is -0.502 e. The molecule has 0 aromatic heterocycles. The van der Waals surface area contributed by atoms with E-state index in [1.165, 1.54) is 6.08 Å². The minimum atomic E-state index is -1.30. The molecule has 0 aliphatic carbocycles. The van der Waals surface area contributed by atoms with Gasteiger partial charge in [0, 0.05) is 0 Å². The third-order valence-electron chi connectivity index (χ3n) is 0.845. The zero-order valence-corrected chi connectivity index (χ0v) is 5.74. The number of aliphatic carboxylic acids is 1. The van der Waals surface area contributed by atoms with Crippen LogP contribution in [-0.2, 0) is 4.79 Å². The van der Waals surface area contributed by atoms with E-state index in [-0.39, 0.29) is 0 Å². The van der Waals surface area contributed by atoms with Crippen molar-refractivity contribution in [3.8, 4) is 0 Å². The summed E-state index contributed by atoms with van der Waals surface area (Å²) in [5.74, 6) is -1.94. The topological polar surface area (TPSA) is 57.5 Å². The van der Waals surface area contributed by atoms with Crippen molar-refractivity contribution in [1.29, 1.82) is 0 Å². The van der Waals surface area contributed by atoms with E-state index in [0.717, 1.165) is 12.5 Å². The Morgan fingerprint density at radius 3 is 2.50 bits per heavy atom. The van der Waals surface area contributed by atoms with Crippen molar-refractivity contribution in [3.05, 3.63) is 24.0 Å². The molecular weight excluding hydrogens is 132 g/mol. The number of aliphatic hydroxyl groups excluding tert-OH is 1. The van der Waals surface area contributed by atoms with Crippen LogP contribution in [0.1, 0.15) is 13.3 Å². The average molecular weight is 142 g/mol. The molecule has 0 heterocycles. The van der Waals surface area contributed by atoms with Gasteiger partial charge in [0.15, 0.2) is 0 Å². The van der Waals surface area contributed by atoms with Gasteiger partial charge in [0.2, 0.25) is 5.76 Å². The first-order valence-electron chi connectivity index (χ1n) is 2.97. The van der Waals surface area contributed by atoms with Crippen molar-refractivity contribution >= 4 is 5.97 Å². The predicted molar refractivity (Wildman–Crippen MR) is 37.8 cm³/mol. The molecule has 0 radical (unpaired) electrons. The predicted octanol–water partition coefficient (Wildman–Crippen LogP) is 1.48. The van der Waals surface area contributed by atoms with E-state index < -0.39 is 11.7 Å². The van der Waals surface area contributed by atoms with Gasteiger partial charge in [-0.3, -0.25) is 0 Å². The van der Waals surface area contributed by atoms with Crippen molar-refractivity contribution in [1.82, 2.24) is 0 Å². The summed E-state index contributed by atoms with van der Waals surface area (Å²) in [6, 6.07) is 0. The fraction of sp³-hybridized carbons (Fsp3) is 0.286. The molecule has 0 aliphatic heterocycles. The molecule has 3 heteroatoms. The molecule has 2 N–H and O–H groups in total. The van der Waals surface area contributed by atoms with E-state index >= 15 is 0 Å². The Morgan fingerprint density at radius 2 is 2.10 bits per heavy atom. The normalized spacial score (nSPS) is 12.3. The highest BCUT2D eigenvalue weighted by Gasteiger charge is 1.98. The van der Waals surface area contributed by atoms with Crippen LogP contribution >= 0.6 is 0 Å². The number of allylic oxidation sites excluding steroid dienone is 3. The summed E-state index contributed by atoms with van der Waals surface area (Å²) in [5, 5.41) is 16.7. The summed E-state index contributed by atoms with van der Waals surface area (Å²) < 4.78 is 0. The first-order chi connectivity index (χ1) is 4.68. The number of carboxylic acids is 1. The lowest BCUT2D eigenvalue weighted by molar-refractivity contribution is -0.135. The van der Waals surface area contributed by atoms with E-state index in [1.807, 2.05) is 6.92 Å². The van der Waals surface area contributed by atoms with Crippen LogP contribution in [0.5, 0.6) is 0 Å². The van der Waals surface area contributed by atoms with Gasteiger partial charge in [-0.25, -0.2) is 4.79 Å². The van der Waals surface area contributed by atoms with Gasteiger partial charge >= 0.3 is 5.97 Å². The van der Waals surface area contributed by atoms with Gasteiger partial charge < -0.3 is 10.2 Å². The lowest BCUT2D eigenvalue weighted by Gasteiger charge is -1.85. The zero-order chi connectivity index (χ0) is 7.98. The fourth-order valence-corrected chi connectivity index (χ4v) is 0.367. The average Bonchev–Trinajstić information content (AvgIpc) is 1.88. The second-order valence-electron chi connectivity index (χ2n) is 1.69. The van der Waals surface area contributed by atoms with Crippen LogP contribution in [-0.4, -0.2) is 16.2 Å². The zero-order valence-electron chi connectivity index (χ0n) is 5.74. The Morgan fingerprint density at radius 1 is 1.50 bits per heavy atom. The molecule has 0 amide bonds. The third kappa shape index (κ3) is 3.72. The molecule has 0 atom stereocenters. The number of hydrogen-bond donors (Lipinski definition) is 2. The molecule has 0 unspecified atom stereocenters. The Hall–Kier alpha value is -1.25. The summed E-state index contributed by atoms with van der Waals surface area (Å²) in [7, 11) is 0. The molecule has 0 fully saturated rings. The van der Waals surface area contributed by atoms with Crippen molar-refractivity contribution in [3.63, 3.8) is 0 Å². The summed E-state index contributed by atoms with van der Waals surface area (Å²) in [6.07, 6.45) is 5.22. The Kier molecular flexibility index (Phi) is 4.04. The lowest BCUT2D eigenvalue weighted by atomic mass is 10.3. The quantitative estimate of drug-likeness (QED) is 0.356. The van der Waals surface area contributed by atoms with Crippen LogP contribution < -0.4 is 0 Å². The van der Waals surface area contributed by atoms with E-state index in [1.54, 1.807) is 6.08 Å². The van der Waals surface area contributed by atoms with Crippen molar-refractivity contribution in [2.24, 2.45) is 0 Å². The molecule has 0 aromatic rings. The summed E-state index contributed by atoms with van der Waals surface area (Å²) in [6.45, 7) is 1.92. The van der Waals surface area contributed by atoms with Crippen LogP contribution in [0.4, 0.5) is 0 Å². The van der Waals surface area contributed by atoms with Gasteiger partial charge in [-0.15, -0.1) is 0 Å². The molecular formula is C7H10O3. The van der Waals surface area contributed by atoms with Crippen LogP contribution in [0.2, 0.25) is 0 Å². The number of rotatable bonds is 3. The van der Waals surface area contributed by atoms with Crippen molar-refractivity contribution in [2.75, 3.05) is 0 Å². The van der Waals surface area contributed by atoms with Gasteiger partial charge in [-0.2, -0.15) is 0 Å². The Balaban J connectivity index is 3.92. The second kappa shape index (κ2) is 4.61. The van der Waals surface area contributed by atoms with Gasteiger partial charge in [0.1, 0.15) is 0 Å². The molecule has 10 heavy (non-hydrogen) atoms. The first kappa shape index (κ1) is 8.75. The molecule has 56 valence electrons. The van der Waals surface area contributed by atoms with E-state index in [2.05, 4.69) is 0 Å². The van der Waals surface area contributed by atoms with E-state index in [4.69, 9.17) is 10.2 Å². The van der Waals surface area contributed by atoms with Crippen LogP contribution in [0.25, 0.3) is 0 Å². The highest BCUT2D eigenvalue weighted by atomic mass is 16.4. The van der Waals surface area contributed by atoms with Gasteiger partial charge in [-0.05, 0) is 12.5 Å². The molecule has 0 rings (SSSR count). The first-order valence-corrected chi connectivity index (χ1v) is 2.97. The van der Waals surface area contributed by atoms with Crippen LogP contribution in [0.15, 0.2) is 24.0 Å². The molecule has 0 saturated heterocycles. The maximum Gasteiger partial charge on any atom is 0.370 e. The molecule has 0 aromatic carbocycles. The number of hydrogen-bond acceptors (Lipinski definition) is 2. The summed E-state index contributed by atoms with van der Waals surface area (Å²) in [5.41, 5.74) is 0. The van der Waals surface area contributed by atoms with Crippen LogP contribution in [0, 0.1) is 0 Å². The SMILES string of the molecule is CC/C=C/C=C(\O)C(=O)O. The molecule has 3 nitrogen and oxygen atoms in total. The molecule has 0 spiro atoms. The number of carbonyl (C=O) groups is 1. The summed E-state index contributed by atoms with van der Waals surface area (Å²) >= 11 is 0. The molecule has 0 bridgehead atoms. The Bertz CT molecular complexity index is 168. The minimum absolute atomic E-state index is 0.635. The molecule has 0 saturated carbocycles. The molecule has 0 aliphatic rings. The number of aliphatic hydroxyl groups is 1. The monoisotopic (exact) mass is 142 g/mol. The van der Waals surface area contributed by atoms with Crippen molar-refractivity contribution < 1.29 is 15.0 Å². The lowest BCUT2D eigenvalue weighted by Crippen LogP contribution is -1.97. The van der Waals surface area contributed by atoms with Gasteiger partial charge in [-0.1, -0.05) is 19.1 Å². The third-order valence-corrected chi connectivity index (χ3v) is 0.845. The maximum atomic E-state index is 9.94. The highest BCUT2D eigenvalue weighted by Crippen LogP contribution is 1.89. The maximum absolute atomic E-state index is 9.94. The van der Waals surface area contributed by atoms with Crippen molar-refractivity contribution in [2.45, 2.75) is 13.3 Å². The standard InChI is InChI=1S/C7H10O3/c1-2-3-4-5-6(8)7(9)10/h3-5,8H,2H2,1H3,(H,9,10)/b4-3+,6-5-. The van der Waals surface area contributed by atoms with E-state index in [0.29, 0.717) is 0 Å². The smallest absolute Gasteiger partial charge is 0.370 e. The largest absolute Gasteiger partial charge is 0.502 e.